The highest BCUT2D eigenvalue weighted by Crippen LogP contribution is 2.12. The largest absolute Gasteiger partial charge is 0.352 e. The fourth-order valence-corrected chi connectivity index (χ4v) is 3.18. The van der Waals surface area contributed by atoms with E-state index in [1.807, 2.05) is 31.3 Å². The number of fused-ring (bicyclic) bond motifs is 1. The lowest BCUT2D eigenvalue weighted by Crippen LogP contribution is -2.40. The van der Waals surface area contributed by atoms with Gasteiger partial charge in [0.05, 0.1) is 5.52 Å². The second-order valence-corrected chi connectivity index (χ2v) is 7.06. The van der Waals surface area contributed by atoms with Crippen LogP contribution in [-0.4, -0.2) is 29.3 Å². The van der Waals surface area contributed by atoms with Crippen molar-refractivity contribution < 1.29 is 9.59 Å². The Morgan fingerprint density at radius 3 is 2.74 bits per heavy atom. The minimum absolute atomic E-state index is 0.00432. The van der Waals surface area contributed by atoms with E-state index in [0.717, 1.165) is 55.2 Å². The fraction of sp³-hybridized carbons (Fsp3) is 0.500. The van der Waals surface area contributed by atoms with Crippen molar-refractivity contribution in [2.75, 3.05) is 6.54 Å². The van der Waals surface area contributed by atoms with Gasteiger partial charge in [-0.2, -0.15) is 0 Å². The van der Waals surface area contributed by atoms with Crippen LogP contribution in [0.2, 0.25) is 0 Å². The molecule has 0 aliphatic heterocycles. The zero-order valence-corrected chi connectivity index (χ0v) is 16.5. The van der Waals surface area contributed by atoms with Gasteiger partial charge in [-0.1, -0.05) is 38.0 Å². The number of carbonyl (C=O) groups excluding carboxylic acids is 2. The lowest BCUT2D eigenvalue weighted by atomic mass is 10.0. The second kappa shape index (κ2) is 11.4. The molecule has 2 rings (SSSR count). The molecular weight excluding hydrogens is 338 g/mol. The molecule has 2 aromatic rings. The molecule has 1 atom stereocenters. The summed E-state index contributed by atoms with van der Waals surface area (Å²) in [5.74, 6) is 0.328. The maximum atomic E-state index is 11.5. The van der Waals surface area contributed by atoms with Crippen LogP contribution < -0.4 is 10.6 Å². The smallest absolute Gasteiger partial charge is 0.217 e. The van der Waals surface area contributed by atoms with Gasteiger partial charge in [-0.05, 0) is 30.5 Å². The van der Waals surface area contributed by atoms with Crippen molar-refractivity contribution in [3.8, 4) is 0 Å². The molecule has 5 nitrogen and oxygen atoms in total. The fourth-order valence-electron chi connectivity index (χ4n) is 3.18. The molecule has 1 aromatic heterocycles. The molecule has 0 radical (unpaired) electrons. The number of amides is 1. The van der Waals surface area contributed by atoms with Gasteiger partial charge in [0.1, 0.15) is 5.78 Å². The van der Waals surface area contributed by atoms with E-state index in [2.05, 4.69) is 27.8 Å². The molecule has 27 heavy (non-hydrogen) atoms. The highest BCUT2D eigenvalue weighted by molar-refractivity contribution is 5.78. The number of aromatic nitrogens is 1. The monoisotopic (exact) mass is 369 g/mol. The molecule has 0 saturated heterocycles. The third-order valence-electron chi connectivity index (χ3n) is 4.68. The first-order valence-electron chi connectivity index (χ1n) is 9.91. The first kappa shape index (κ1) is 21.0. The maximum Gasteiger partial charge on any atom is 0.217 e. The molecule has 5 heteroatoms. The average molecular weight is 370 g/mol. The molecule has 0 saturated carbocycles. The van der Waals surface area contributed by atoms with Crippen LogP contribution in [0.5, 0.6) is 0 Å². The Balaban J connectivity index is 1.75. The number of nitrogens with one attached hydrogen (secondary N) is 2. The van der Waals surface area contributed by atoms with Crippen LogP contribution >= 0.6 is 0 Å². The third kappa shape index (κ3) is 7.87. The van der Waals surface area contributed by atoms with Crippen molar-refractivity contribution in [2.24, 2.45) is 0 Å². The van der Waals surface area contributed by atoms with Crippen LogP contribution in [0.15, 0.2) is 36.5 Å². The van der Waals surface area contributed by atoms with Crippen molar-refractivity contribution >= 4 is 22.6 Å². The number of nitrogens with zero attached hydrogens (tertiary/aromatic N) is 1. The normalized spacial score (nSPS) is 12.1. The highest BCUT2D eigenvalue weighted by Gasteiger charge is 2.10. The molecular formula is C22H31N3O2. The SMILES string of the molecule is CCC(=O)CCCCCC(CNCc1cnc2ccccc2c1)NC(C)=O. The Morgan fingerprint density at radius 1 is 1.15 bits per heavy atom. The van der Waals surface area contributed by atoms with Crippen molar-refractivity contribution in [1.29, 1.82) is 0 Å². The number of benzene rings is 1. The van der Waals surface area contributed by atoms with E-state index in [0.29, 0.717) is 18.6 Å². The first-order chi connectivity index (χ1) is 13.1. The molecule has 1 amide bonds. The molecule has 0 spiro atoms. The molecule has 1 unspecified atom stereocenters. The predicted molar refractivity (Wildman–Crippen MR) is 109 cm³/mol. The molecule has 0 fully saturated rings. The molecule has 1 aromatic carbocycles. The van der Waals surface area contributed by atoms with Gasteiger partial charge in [-0.3, -0.25) is 14.6 Å². The van der Waals surface area contributed by atoms with E-state index in [4.69, 9.17) is 0 Å². The Labute approximate surface area is 161 Å². The topological polar surface area (TPSA) is 71.1 Å². The number of ketones is 1. The van der Waals surface area contributed by atoms with Gasteiger partial charge in [-0.25, -0.2) is 0 Å². The summed E-state index contributed by atoms with van der Waals surface area (Å²) in [5, 5.41) is 7.59. The molecule has 2 N–H and O–H groups in total. The van der Waals surface area contributed by atoms with Crippen LogP contribution in [-0.2, 0) is 16.1 Å². The van der Waals surface area contributed by atoms with E-state index in [9.17, 15) is 9.59 Å². The third-order valence-corrected chi connectivity index (χ3v) is 4.68. The lowest BCUT2D eigenvalue weighted by Gasteiger charge is -2.18. The lowest BCUT2D eigenvalue weighted by molar-refractivity contribution is -0.120. The van der Waals surface area contributed by atoms with Crippen molar-refractivity contribution in [3.63, 3.8) is 0 Å². The number of hydrogen-bond acceptors (Lipinski definition) is 4. The number of hydrogen-bond donors (Lipinski definition) is 2. The number of pyridine rings is 1. The van der Waals surface area contributed by atoms with Crippen LogP contribution in [0.1, 0.15) is 57.9 Å². The van der Waals surface area contributed by atoms with Gasteiger partial charge >= 0.3 is 0 Å². The number of carbonyl (C=O) groups is 2. The van der Waals surface area contributed by atoms with Crippen LogP contribution in [0.3, 0.4) is 0 Å². The summed E-state index contributed by atoms with van der Waals surface area (Å²) in [6, 6.07) is 10.3. The van der Waals surface area contributed by atoms with Gasteiger partial charge in [0, 0.05) is 50.5 Å². The summed E-state index contributed by atoms with van der Waals surface area (Å²) in [6.45, 7) is 4.91. The van der Waals surface area contributed by atoms with Crippen molar-refractivity contribution in [1.82, 2.24) is 15.6 Å². The average Bonchev–Trinajstić information content (AvgIpc) is 2.66. The van der Waals surface area contributed by atoms with Crippen LogP contribution in [0, 0.1) is 0 Å². The predicted octanol–water partition coefficient (Wildman–Crippen LogP) is 3.76. The summed E-state index contributed by atoms with van der Waals surface area (Å²) in [7, 11) is 0. The molecule has 1 heterocycles. The Kier molecular flexibility index (Phi) is 8.92. The second-order valence-electron chi connectivity index (χ2n) is 7.06. The maximum absolute atomic E-state index is 11.5. The minimum atomic E-state index is -0.00432. The number of rotatable bonds is 12. The highest BCUT2D eigenvalue weighted by atomic mass is 16.1. The molecule has 0 bridgehead atoms. The van der Waals surface area contributed by atoms with Gasteiger partial charge in [-0.15, -0.1) is 0 Å². The summed E-state index contributed by atoms with van der Waals surface area (Å²) in [6.07, 6.45) is 7.10. The Hall–Kier alpha value is -2.27. The van der Waals surface area contributed by atoms with E-state index < -0.39 is 0 Å². The zero-order chi connectivity index (χ0) is 19.5. The Bertz CT molecular complexity index is 745. The zero-order valence-electron chi connectivity index (χ0n) is 16.5. The summed E-state index contributed by atoms with van der Waals surface area (Å²) < 4.78 is 0. The Morgan fingerprint density at radius 2 is 1.96 bits per heavy atom. The number of para-hydroxylation sites is 1. The van der Waals surface area contributed by atoms with Gasteiger partial charge in [0.15, 0.2) is 0 Å². The van der Waals surface area contributed by atoms with E-state index in [1.165, 1.54) is 0 Å². The van der Waals surface area contributed by atoms with E-state index in [1.54, 1.807) is 6.92 Å². The number of Topliss-reactive ketones (excluding diaryl/α,β-unsaturated/α-hetero) is 1. The summed E-state index contributed by atoms with van der Waals surface area (Å²) >= 11 is 0. The van der Waals surface area contributed by atoms with Gasteiger partial charge in [0.2, 0.25) is 5.91 Å². The molecule has 0 aliphatic carbocycles. The first-order valence-corrected chi connectivity index (χ1v) is 9.91. The van der Waals surface area contributed by atoms with E-state index >= 15 is 0 Å². The van der Waals surface area contributed by atoms with Crippen LogP contribution in [0.4, 0.5) is 0 Å². The van der Waals surface area contributed by atoms with Crippen LogP contribution in [0.25, 0.3) is 10.9 Å². The van der Waals surface area contributed by atoms with E-state index in [-0.39, 0.29) is 11.9 Å². The minimum Gasteiger partial charge on any atom is -0.352 e. The van der Waals surface area contributed by atoms with Gasteiger partial charge in [0.25, 0.3) is 0 Å². The quantitative estimate of drug-likeness (QED) is 0.559. The summed E-state index contributed by atoms with van der Waals surface area (Å²) in [5.41, 5.74) is 2.13. The van der Waals surface area contributed by atoms with Crippen molar-refractivity contribution in [3.05, 3.63) is 42.1 Å². The van der Waals surface area contributed by atoms with Crippen molar-refractivity contribution in [2.45, 2.75) is 65.0 Å². The summed E-state index contributed by atoms with van der Waals surface area (Å²) in [4.78, 5) is 27.3. The standard InChI is InChI=1S/C22H31N3O2/c1-3-21(27)11-6-4-5-10-20(25-17(2)26)16-23-14-18-13-19-9-7-8-12-22(19)24-15-18/h7-9,12-13,15,20,23H,3-6,10-11,14,16H2,1-2H3,(H,25,26). The molecule has 0 aliphatic rings. The number of unbranched alkanes of at least 4 members (excludes halogenated alkanes) is 2. The molecule has 146 valence electrons. The van der Waals surface area contributed by atoms with Gasteiger partial charge < -0.3 is 10.6 Å².